The summed E-state index contributed by atoms with van der Waals surface area (Å²) in [7, 11) is 1.90. The molecule has 1 aromatic carbocycles. The van der Waals surface area contributed by atoms with Gasteiger partial charge in [0.1, 0.15) is 0 Å². The summed E-state index contributed by atoms with van der Waals surface area (Å²) in [6, 6.07) is 7.85. The van der Waals surface area contributed by atoms with Crippen LogP contribution in [-0.4, -0.2) is 32.5 Å². The van der Waals surface area contributed by atoms with Gasteiger partial charge in [-0.1, -0.05) is 54.8 Å². The van der Waals surface area contributed by atoms with Crippen molar-refractivity contribution in [1.82, 2.24) is 20.1 Å². The average Bonchev–Trinajstić information content (AvgIpc) is 2.95. The summed E-state index contributed by atoms with van der Waals surface area (Å²) in [6.45, 7) is 0. The quantitative estimate of drug-likeness (QED) is 0.822. The number of hydrogen-bond acceptors (Lipinski definition) is 4. The highest BCUT2D eigenvalue weighted by molar-refractivity contribution is 7.99. The van der Waals surface area contributed by atoms with Crippen molar-refractivity contribution in [1.29, 1.82) is 0 Å². The van der Waals surface area contributed by atoms with Crippen LogP contribution < -0.4 is 5.32 Å². The van der Waals surface area contributed by atoms with E-state index in [2.05, 4.69) is 15.5 Å². The minimum atomic E-state index is 0.0687. The fourth-order valence-corrected chi connectivity index (χ4v) is 3.88. The van der Waals surface area contributed by atoms with Gasteiger partial charge in [0.2, 0.25) is 5.91 Å². The number of carbonyl (C=O) groups is 1. The van der Waals surface area contributed by atoms with Crippen LogP contribution >= 0.6 is 23.4 Å². The molecule has 1 N–H and O–H groups in total. The Kier molecular flexibility index (Phi) is 5.79. The van der Waals surface area contributed by atoms with Crippen molar-refractivity contribution in [3.05, 3.63) is 29.3 Å². The molecule has 1 amide bonds. The van der Waals surface area contributed by atoms with Gasteiger partial charge in [0.15, 0.2) is 11.0 Å². The van der Waals surface area contributed by atoms with Gasteiger partial charge in [-0.2, -0.15) is 0 Å². The molecule has 1 fully saturated rings. The maximum absolute atomic E-state index is 12.1. The summed E-state index contributed by atoms with van der Waals surface area (Å²) >= 11 is 7.44. The predicted molar refractivity (Wildman–Crippen MR) is 97.2 cm³/mol. The lowest BCUT2D eigenvalue weighted by Crippen LogP contribution is -2.37. The first-order valence-corrected chi connectivity index (χ1v) is 9.57. The second-order valence-corrected chi connectivity index (χ2v) is 7.45. The molecule has 24 heavy (non-hydrogen) atoms. The van der Waals surface area contributed by atoms with Gasteiger partial charge in [0.05, 0.1) is 5.75 Å². The number of halogens is 1. The molecular weight excluding hydrogens is 344 g/mol. The van der Waals surface area contributed by atoms with Crippen molar-refractivity contribution >= 4 is 29.3 Å². The molecule has 1 heterocycles. The first-order chi connectivity index (χ1) is 11.6. The van der Waals surface area contributed by atoms with E-state index in [1.54, 1.807) is 0 Å². The molecule has 7 heteroatoms. The molecule has 2 aromatic rings. The zero-order valence-electron chi connectivity index (χ0n) is 13.7. The topological polar surface area (TPSA) is 59.8 Å². The van der Waals surface area contributed by atoms with Crippen LogP contribution in [0.15, 0.2) is 29.4 Å². The van der Waals surface area contributed by atoms with Crippen molar-refractivity contribution in [3.63, 3.8) is 0 Å². The normalized spacial score (nSPS) is 15.4. The fourth-order valence-electron chi connectivity index (χ4n) is 2.97. The number of amides is 1. The minimum absolute atomic E-state index is 0.0687. The van der Waals surface area contributed by atoms with Crippen LogP contribution in [0.1, 0.15) is 32.1 Å². The van der Waals surface area contributed by atoms with Crippen LogP contribution in [0.4, 0.5) is 0 Å². The number of hydrogen-bond donors (Lipinski definition) is 1. The number of benzene rings is 1. The number of carbonyl (C=O) groups excluding carboxylic acids is 1. The van der Waals surface area contributed by atoms with E-state index in [1.165, 1.54) is 31.0 Å². The van der Waals surface area contributed by atoms with Crippen LogP contribution in [0, 0.1) is 0 Å². The van der Waals surface area contributed by atoms with Crippen molar-refractivity contribution in [2.24, 2.45) is 7.05 Å². The molecule has 0 saturated heterocycles. The molecule has 0 aliphatic heterocycles. The molecule has 1 saturated carbocycles. The summed E-state index contributed by atoms with van der Waals surface area (Å²) in [5.74, 6) is 1.17. The smallest absolute Gasteiger partial charge is 0.230 e. The van der Waals surface area contributed by atoms with Crippen LogP contribution in [0.3, 0.4) is 0 Å². The molecule has 3 rings (SSSR count). The van der Waals surface area contributed by atoms with Gasteiger partial charge in [-0.3, -0.25) is 4.79 Å². The van der Waals surface area contributed by atoms with E-state index in [4.69, 9.17) is 11.6 Å². The van der Waals surface area contributed by atoms with Gasteiger partial charge >= 0.3 is 0 Å². The van der Waals surface area contributed by atoms with Gasteiger partial charge in [-0.15, -0.1) is 10.2 Å². The molecule has 0 radical (unpaired) electrons. The highest BCUT2D eigenvalue weighted by Crippen LogP contribution is 2.24. The summed E-state index contributed by atoms with van der Waals surface area (Å²) in [5.41, 5.74) is 0.913. The first-order valence-electron chi connectivity index (χ1n) is 8.21. The average molecular weight is 365 g/mol. The molecule has 0 spiro atoms. The largest absolute Gasteiger partial charge is 0.353 e. The third-order valence-corrected chi connectivity index (χ3v) is 5.48. The van der Waals surface area contributed by atoms with Gasteiger partial charge < -0.3 is 9.88 Å². The van der Waals surface area contributed by atoms with Gasteiger partial charge in [0, 0.05) is 23.7 Å². The molecule has 0 bridgehead atoms. The molecule has 1 aromatic heterocycles. The second-order valence-electron chi connectivity index (χ2n) is 6.07. The molecule has 0 atom stereocenters. The zero-order valence-corrected chi connectivity index (χ0v) is 15.2. The van der Waals surface area contributed by atoms with E-state index in [0.29, 0.717) is 16.8 Å². The number of nitrogens with one attached hydrogen (secondary N) is 1. The van der Waals surface area contributed by atoms with E-state index in [-0.39, 0.29) is 5.91 Å². The molecule has 5 nitrogen and oxygen atoms in total. The number of rotatable bonds is 5. The van der Waals surface area contributed by atoms with E-state index in [9.17, 15) is 4.79 Å². The summed E-state index contributed by atoms with van der Waals surface area (Å²) < 4.78 is 1.89. The van der Waals surface area contributed by atoms with Gasteiger partial charge in [-0.25, -0.2) is 0 Å². The van der Waals surface area contributed by atoms with Crippen molar-refractivity contribution in [2.45, 2.75) is 43.3 Å². The van der Waals surface area contributed by atoms with Crippen LogP contribution in [-0.2, 0) is 11.8 Å². The third kappa shape index (κ3) is 4.30. The Morgan fingerprint density at radius 3 is 2.88 bits per heavy atom. The van der Waals surface area contributed by atoms with Crippen molar-refractivity contribution in [2.75, 3.05) is 5.75 Å². The monoisotopic (exact) mass is 364 g/mol. The Bertz CT molecular complexity index is 712. The first kappa shape index (κ1) is 17.3. The summed E-state index contributed by atoms with van der Waals surface area (Å²) in [5, 5.41) is 12.9. The Balaban J connectivity index is 1.59. The van der Waals surface area contributed by atoms with E-state index in [0.717, 1.165) is 29.4 Å². The second kappa shape index (κ2) is 8.03. The Labute approximate surface area is 151 Å². The van der Waals surface area contributed by atoms with Crippen LogP contribution in [0.25, 0.3) is 11.4 Å². The Morgan fingerprint density at radius 1 is 1.33 bits per heavy atom. The maximum atomic E-state index is 12.1. The Morgan fingerprint density at radius 2 is 2.12 bits per heavy atom. The molecule has 1 aliphatic carbocycles. The minimum Gasteiger partial charge on any atom is -0.353 e. The van der Waals surface area contributed by atoms with Gasteiger partial charge in [0.25, 0.3) is 0 Å². The predicted octanol–water partition coefficient (Wildman–Crippen LogP) is 3.68. The third-order valence-electron chi connectivity index (χ3n) is 4.22. The number of thioether (sulfide) groups is 1. The lowest BCUT2D eigenvalue weighted by Gasteiger charge is -2.22. The zero-order chi connectivity index (χ0) is 16.9. The molecule has 0 unspecified atom stereocenters. The Hall–Kier alpha value is -1.53. The maximum Gasteiger partial charge on any atom is 0.230 e. The van der Waals surface area contributed by atoms with Crippen molar-refractivity contribution < 1.29 is 4.79 Å². The van der Waals surface area contributed by atoms with Crippen LogP contribution in [0.2, 0.25) is 5.02 Å². The molecule has 1 aliphatic rings. The molecular formula is C17H21ClN4OS. The van der Waals surface area contributed by atoms with E-state index >= 15 is 0 Å². The summed E-state index contributed by atoms with van der Waals surface area (Å²) in [6.07, 6.45) is 5.90. The number of aromatic nitrogens is 3. The SMILES string of the molecule is Cn1c(SCC(=O)NC2CCCCC2)nnc1-c1cccc(Cl)c1. The lowest BCUT2D eigenvalue weighted by atomic mass is 9.95. The van der Waals surface area contributed by atoms with E-state index < -0.39 is 0 Å². The van der Waals surface area contributed by atoms with Crippen LogP contribution in [0.5, 0.6) is 0 Å². The highest BCUT2D eigenvalue weighted by Gasteiger charge is 2.17. The number of nitrogens with zero attached hydrogens (tertiary/aromatic N) is 3. The lowest BCUT2D eigenvalue weighted by molar-refractivity contribution is -0.119. The highest BCUT2D eigenvalue weighted by atomic mass is 35.5. The van der Waals surface area contributed by atoms with Crippen molar-refractivity contribution in [3.8, 4) is 11.4 Å². The van der Waals surface area contributed by atoms with E-state index in [1.807, 2.05) is 35.9 Å². The fraction of sp³-hybridized carbons (Fsp3) is 0.471. The molecule has 128 valence electrons. The van der Waals surface area contributed by atoms with Gasteiger partial charge in [-0.05, 0) is 25.0 Å². The standard InChI is InChI=1S/C17H21ClN4OS/c1-22-16(12-6-5-7-13(18)10-12)20-21-17(22)24-11-15(23)19-14-8-3-2-4-9-14/h5-7,10,14H,2-4,8-9,11H2,1H3,(H,19,23). The summed E-state index contributed by atoms with van der Waals surface area (Å²) in [4.78, 5) is 12.1.